The second kappa shape index (κ2) is 8.00. The Morgan fingerprint density at radius 1 is 1.28 bits per heavy atom. The highest BCUT2D eigenvalue weighted by Gasteiger charge is 2.29. The molecule has 5 rings (SSSR count). The van der Waals surface area contributed by atoms with E-state index >= 15 is 0 Å². The van der Waals surface area contributed by atoms with Crippen molar-refractivity contribution in [3.05, 3.63) is 59.1 Å². The number of ether oxygens (including phenoxy) is 1. The summed E-state index contributed by atoms with van der Waals surface area (Å²) in [5.41, 5.74) is 4.44. The van der Waals surface area contributed by atoms with Crippen molar-refractivity contribution in [1.29, 1.82) is 0 Å². The van der Waals surface area contributed by atoms with Crippen LogP contribution in [0.1, 0.15) is 49.7 Å². The second-order valence-corrected chi connectivity index (χ2v) is 8.63. The molecular weight excluding hydrogens is 409 g/mol. The maximum Gasteiger partial charge on any atom is 0.220 e. The second-order valence-electron chi connectivity index (χ2n) is 8.63. The van der Waals surface area contributed by atoms with Gasteiger partial charge in [0.05, 0.1) is 6.61 Å². The number of benzene rings is 1. The molecule has 2 aromatic heterocycles. The average molecular weight is 436 g/mol. The number of aromatic nitrogens is 4. The molecule has 166 valence electrons. The third-order valence-electron chi connectivity index (χ3n) is 6.53. The summed E-state index contributed by atoms with van der Waals surface area (Å²) in [4.78, 5) is 18.6. The Labute approximate surface area is 185 Å². The van der Waals surface area contributed by atoms with Crippen molar-refractivity contribution in [3.8, 4) is 5.75 Å². The molecule has 7 nitrogen and oxygen atoms in total. The molecule has 2 aliphatic rings. The largest absolute Gasteiger partial charge is 0.493 e. The molecule has 4 heterocycles. The topological polar surface area (TPSA) is 72.6 Å². The predicted molar refractivity (Wildman–Crippen MR) is 118 cm³/mol. The molecule has 32 heavy (non-hydrogen) atoms. The van der Waals surface area contributed by atoms with Gasteiger partial charge in [0.1, 0.15) is 23.7 Å². The summed E-state index contributed by atoms with van der Waals surface area (Å²) >= 11 is 0. The minimum absolute atomic E-state index is 0.000678. The molecule has 3 aromatic rings. The van der Waals surface area contributed by atoms with Crippen LogP contribution in [0.4, 0.5) is 4.39 Å². The minimum Gasteiger partial charge on any atom is -0.493 e. The molecule has 1 amide bonds. The standard InChI is InChI=1S/C24H26FN5O2/c1-14-10-17(11-15(2)30(14)16(3)31)20-12-26-23(29-13-27-28-24(20)29)7-4-18-19-8-9-32-22(19)6-5-21(18)25/h5-6,10,12-15H,4,7-9,11H2,1-3H3. The SMILES string of the molecule is CC(=O)N1C(C)C=C(c2cnc(CCc3c(F)ccc4c3CCO4)n3cnnc23)CC1C. The first-order valence-electron chi connectivity index (χ1n) is 11.0. The Morgan fingerprint density at radius 2 is 2.12 bits per heavy atom. The molecule has 0 fully saturated rings. The van der Waals surface area contributed by atoms with Gasteiger partial charge in [0, 0.05) is 49.2 Å². The molecule has 2 atom stereocenters. The number of hydrogen-bond acceptors (Lipinski definition) is 5. The molecule has 2 unspecified atom stereocenters. The van der Waals surface area contributed by atoms with Gasteiger partial charge in [-0.3, -0.25) is 9.20 Å². The third-order valence-corrected chi connectivity index (χ3v) is 6.53. The first kappa shape index (κ1) is 20.6. The van der Waals surface area contributed by atoms with Gasteiger partial charge in [-0.05, 0) is 50.0 Å². The fourth-order valence-electron chi connectivity index (χ4n) is 5.15. The summed E-state index contributed by atoms with van der Waals surface area (Å²) in [6, 6.07) is 3.28. The van der Waals surface area contributed by atoms with E-state index in [0.29, 0.717) is 25.0 Å². The van der Waals surface area contributed by atoms with Crippen molar-refractivity contribution < 1.29 is 13.9 Å². The summed E-state index contributed by atoms with van der Waals surface area (Å²) in [6.45, 7) is 6.29. The van der Waals surface area contributed by atoms with Crippen molar-refractivity contribution in [2.75, 3.05) is 6.61 Å². The lowest BCUT2D eigenvalue weighted by Crippen LogP contribution is -2.45. The van der Waals surface area contributed by atoms with Crippen LogP contribution in [0.15, 0.2) is 30.7 Å². The summed E-state index contributed by atoms with van der Waals surface area (Å²) in [6.07, 6.45) is 8.16. The summed E-state index contributed by atoms with van der Waals surface area (Å²) < 4.78 is 22.0. The normalized spacial score (nSPS) is 20.2. The molecule has 8 heteroatoms. The van der Waals surface area contributed by atoms with Gasteiger partial charge >= 0.3 is 0 Å². The highest BCUT2D eigenvalue weighted by atomic mass is 19.1. The number of fused-ring (bicyclic) bond motifs is 2. The van der Waals surface area contributed by atoms with Crippen molar-refractivity contribution in [2.45, 2.75) is 58.5 Å². The van der Waals surface area contributed by atoms with E-state index in [1.807, 2.05) is 22.4 Å². The number of amides is 1. The van der Waals surface area contributed by atoms with Gasteiger partial charge in [0.15, 0.2) is 5.65 Å². The van der Waals surface area contributed by atoms with Gasteiger partial charge in [-0.25, -0.2) is 9.37 Å². The van der Waals surface area contributed by atoms with Crippen LogP contribution >= 0.6 is 0 Å². The number of carbonyl (C=O) groups is 1. The maximum atomic E-state index is 14.5. The van der Waals surface area contributed by atoms with Gasteiger partial charge in [-0.2, -0.15) is 0 Å². The molecule has 0 bridgehead atoms. The summed E-state index contributed by atoms with van der Waals surface area (Å²) in [7, 11) is 0. The number of aryl methyl sites for hydroxylation is 1. The number of halogens is 1. The molecule has 0 aliphatic carbocycles. The zero-order valence-corrected chi connectivity index (χ0v) is 18.5. The first-order valence-corrected chi connectivity index (χ1v) is 11.0. The number of nitrogens with zero attached hydrogens (tertiary/aromatic N) is 5. The van der Waals surface area contributed by atoms with Crippen LogP contribution in [0.2, 0.25) is 0 Å². The Kier molecular flexibility index (Phi) is 5.15. The molecule has 1 aromatic carbocycles. The van der Waals surface area contributed by atoms with E-state index < -0.39 is 0 Å². The lowest BCUT2D eigenvalue weighted by molar-refractivity contribution is -0.132. The lowest BCUT2D eigenvalue weighted by atomic mass is 9.92. The molecule has 0 radical (unpaired) electrons. The van der Waals surface area contributed by atoms with Gasteiger partial charge in [0.2, 0.25) is 5.91 Å². The quantitative estimate of drug-likeness (QED) is 0.628. The van der Waals surface area contributed by atoms with Crippen LogP contribution in [0.25, 0.3) is 11.2 Å². The Bertz CT molecular complexity index is 1230. The van der Waals surface area contributed by atoms with Gasteiger partial charge in [-0.1, -0.05) is 6.08 Å². The Hall–Kier alpha value is -3.29. The molecule has 0 saturated carbocycles. The molecule has 0 saturated heterocycles. The number of hydrogen-bond donors (Lipinski definition) is 0. The van der Waals surface area contributed by atoms with Crippen molar-refractivity contribution in [1.82, 2.24) is 24.5 Å². The van der Waals surface area contributed by atoms with Crippen LogP contribution in [-0.4, -0.2) is 49.1 Å². The van der Waals surface area contributed by atoms with Crippen LogP contribution in [0.5, 0.6) is 5.75 Å². The molecular formula is C24H26FN5O2. The van der Waals surface area contributed by atoms with E-state index in [1.54, 1.807) is 19.3 Å². The van der Waals surface area contributed by atoms with Gasteiger partial charge in [-0.15, -0.1) is 10.2 Å². The van der Waals surface area contributed by atoms with E-state index in [9.17, 15) is 9.18 Å². The third kappa shape index (κ3) is 3.43. The van der Waals surface area contributed by atoms with Gasteiger partial charge < -0.3 is 9.64 Å². The van der Waals surface area contributed by atoms with Gasteiger partial charge in [0.25, 0.3) is 0 Å². The zero-order valence-electron chi connectivity index (χ0n) is 18.5. The van der Waals surface area contributed by atoms with Crippen molar-refractivity contribution in [2.24, 2.45) is 0 Å². The zero-order chi connectivity index (χ0) is 22.4. The highest BCUT2D eigenvalue weighted by molar-refractivity contribution is 5.80. The lowest BCUT2D eigenvalue weighted by Gasteiger charge is -2.37. The fourth-order valence-corrected chi connectivity index (χ4v) is 5.15. The molecule has 0 spiro atoms. The smallest absolute Gasteiger partial charge is 0.220 e. The predicted octanol–water partition coefficient (Wildman–Crippen LogP) is 3.40. The van der Waals surface area contributed by atoms with Crippen molar-refractivity contribution >= 4 is 17.1 Å². The van der Waals surface area contributed by atoms with Crippen LogP contribution < -0.4 is 4.74 Å². The maximum absolute atomic E-state index is 14.5. The fraction of sp³-hybridized carbons (Fsp3) is 0.417. The van der Waals surface area contributed by atoms with E-state index in [0.717, 1.165) is 46.8 Å². The van der Waals surface area contributed by atoms with E-state index in [1.165, 1.54) is 6.07 Å². The van der Waals surface area contributed by atoms with Crippen LogP contribution in [0, 0.1) is 5.82 Å². The average Bonchev–Trinajstić information content (AvgIpc) is 3.42. The van der Waals surface area contributed by atoms with E-state index in [-0.39, 0.29) is 23.8 Å². The first-order chi connectivity index (χ1) is 15.4. The summed E-state index contributed by atoms with van der Waals surface area (Å²) in [5, 5.41) is 8.46. The Morgan fingerprint density at radius 3 is 2.91 bits per heavy atom. The van der Waals surface area contributed by atoms with Crippen LogP contribution in [-0.2, 0) is 24.1 Å². The number of carbonyl (C=O) groups excluding carboxylic acids is 1. The summed E-state index contributed by atoms with van der Waals surface area (Å²) in [5.74, 6) is 1.45. The van der Waals surface area contributed by atoms with Crippen molar-refractivity contribution in [3.63, 3.8) is 0 Å². The van der Waals surface area contributed by atoms with Crippen LogP contribution in [0.3, 0.4) is 0 Å². The minimum atomic E-state index is -0.198. The molecule has 0 N–H and O–H groups in total. The van der Waals surface area contributed by atoms with E-state index in [2.05, 4.69) is 23.2 Å². The number of rotatable bonds is 4. The highest BCUT2D eigenvalue weighted by Crippen LogP contribution is 2.33. The van der Waals surface area contributed by atoms with E-state index in [4.69, 9.17) is 9.72 Å². The molecule has 2 aliphatic heterocycles. The Balaban J connectivity index is 1.45. The monoisotopic (exact) mass is 435 g/mol.